The van der Waals surface area contributed by atoms with Crippen molar-refractivity contribution in [1.29, 1.82) is 0 Å². The second kappa shape index (κ2) is 8.36. The summed E-state index contributed by atoms with van der Waals surface area (Å²) in [6, 6.07) is 6.22. The number of fused-ring (bicyclic) bond motifs is 1. The number of thioether (sulfide) groups is 1. The minimum atomic E-state index is -0.336. The molecule has 0 radical (unpaired) electrons. The minimum Gasteiger partial charge on any atom is -0.353 e. The predicted octanol–water partition coefficient (Wildman–Crippen LogP) is 2.47. The fourth-order valence-corrected chi connectivity index (χ4v) is 4.39. The second-order valence-electron chi connectivity index (χ2n) is 7.29. The molecule has 152 valence electrons. The average Bonchev–Trinajstić information content (AvgIpc) is 3.33. The highest BCUT2D eigenvalue weighted by Gasteiger charge is 2.19. The van der Waals surface area contributed by atoms with Crippen LogP contribution in [0.1, 0.15) is 31.2 Å². The molecule has 4 rings (SSSR count). The zero-order valence-corrected chi connectivity index (χ0v) is 16.9. The van der Waals surface area contributed by atoms with Crippen molar-refractivity contribution < 1.29 is 9.18 Å². The Kier molecular flexibility index (Phi) is 5.66. The molecule has 0 spiro atoms. The molecule has 3 aromatic rings. The van der Waals surface area contributed by atoms with Crippen LogP contribution >= 0.6 is 11.8 Å². The Morgan fingerprint density at radius 2 is 2.00 bits per heavy atom. The summed E-state index contributed by atoms with van der Waals surface area (Å²) in [5.74, 6) is -0.216. The summed E-state index contributed by atoms with van der Waals surface area (Å²) in [6.45, 7) is 0.227. The maximum absolute atomic E-state index is 13.2. The van der Waals surface area contributed by atoms with Crippen molar-refractivity contribution in [3.05, 3.63) is 52.2 Å². The van der Waals surface area contributed by atoms with E-state index in [1.807, 2.05) is 0 Å². The molecule has 1 N–H and O–H groups in total. The van der Waals surface area contributed by atoms with Crippen LogP contribution in [0.15, 0.2) is 40.4 Å². The van der Waals surface area contributed by atoms with Gasteiger partial charge < -0.3 is 5.32 Å². The second-order valence-corrected chi connectivity index (χ2v) is 8.23. The molecule has 29 heavy (non-hydrogen) atoms. The van der Waals surface area contributed by atoms with Crippen LogP contribution in [0.3, 0.4) is 0 Å². The molecule has 1 aliphatic rings. The number of aromatic nitrogens is 4. The van der Waals surface area contributed by atoms with Gasteiger partial charge in [-0.15, -0.1) is 0 Å². The summed E-state index contributed by atoms with van der Waals surface area (Å²) in [6.07, 6.45) is 6.02. The number of halogens is 1. The number of aryl methyl sites for hydroxylation is 1. The van der Waals surface area contributed by atoms with Gasteiger partial charge in [-0.3, -0.25) is 18.8 Å². The van der Waals surface area contributed by atoms with E-state index < -0.39 is 0 Å². The minimum absolute atomic E-state index is 0.0595. The van der Waals surface area contributed by atoms with Gasteiger partial charge in [0.2, 0.25) is 5.91 Å². The molecule has 2 aromatic heterocycles. The lowest BCUT2D eigenvalue weighted by Crippen LogP contribution is -2.34. The van der Waals surface area contributed by atoms with Crippen LogP contribution < -0.4 is 10.9 Å². The fourth-order valence-electron chi connectivity index (χ4n) is 3.58. The molecule has 9 heteroatoms. The standard InChI is InChI=1S/C20H22FN5O2S/c1-25-11-16-18(24-25)19(28)26(10-13-6-8-14(21)9-7-13)20(23-16)29-12-17(27)22-15-4-2-3-5-15/h6-9,11,15H,2-5,10,12H2,1H3,(H,22,27). The largest absolute Gasteiger partial charge is 0.353 e. The molecule has 0 bridgehead atoms. The first-order chi connectivity index (χ1) is 14.0. The zero-order valence-electron chi connectivity index (χ0n) is 16.1. The lowest BCUT2D eigenvalue weighted by atomic mass is 10.2. The molecule has 2 heterocycles. The first-order valence-electron chi connectivity index (χ1n) is 9.60. The van der Waals surface area contributed by atoms with Crippen molar-refractivity contribution in [2.24, 2.45) is 7.05 Å². The molecule has 1 aliphatic carbocycles. The highest BCUT2D eigenvalue weighted by Crippen LogP contribution is 2.20. The highest BCUT2D eigenvalue weighted by atomic mass is 32.2. The van der Waals surface area contributed by atoms with E-state index in [4.69, 9.17) is 0 Å². The van der Waals surface area contributed by atoms with Crippen LogP contribution in [-0.2, 0) is 18.4 Å². The molecule has 1 fully saturated rings. The highest BCUT2D eigenvalue weighted by molar-refractivity contribution is 7.99. The number of nitrogens with one attached hydrogen (secondary N) is 1. The van der Waals surface area contributed by atoms with Crippen molar-refractivity contribution >= 4 is 28.7 Å². The Hall–Kier alpha value is -2.68. The first kappa shape index (κ1) is 19.6. The van der Waals surface area contributed by atoms with Gasteiger partial charge in [-0.05, 0) is 30.5 Å². The van der Waals surface area contributed by atoms with Crippen molar-refractivity contribution in [2.75, 3.05) is 5.75 Å². The molecule has 0 aliphatic heterocycles. The number of rotatable bonds is 6. The summed E-state index contributed by atoms with van der Waals surface area (Å²) in [5.41, 5.74) is 1.25. The van der Waals surface area contributed by atoms with E-state index in [1.165, 1.54) is 28.5 Å². The average molecular weight is 415 g/mol. The van der Waals surface area contributed by atoms with Gasteiger partial charge in [-0.1, -0.05) is 36.7 Å². The normalized spacial score (nSPS) is 14.6. The molecular formula is C20H22FN5O2S. The summed E-state index contributed by atoms with van der Waals surface area (Å²) in [5, 5.41) is 7.70. The molecule has 0 atom stereocenters. The lowest BCUT2D eigenvalue weighted by Gasteiger charge is -2.14. The van der Waals surface area contributed by atoms with Gasteiger partial charge in [0.15, 0.2) is 10.7 Å². The third kappa shape index (κ3) is 4.50. The first-order valence-corrected chi connectivity index (χ1v) is 10.6. The van der Waals surface area contributed by atoms with Gasteiger partial charge in [-0.2, -0.15) is 5.10 Å². The Morgan fingerprint density at radius 3 is 2.72 bits per heavy atom. The predicted molar refractivity (Wildman–Crippen MR) is 109 cm³/mol. The van der Waals surface area contributed by atoms with Gasteiger partial charge in [0.25, 0.3) is 5.56 Å². The number of benzene rings is 1. The van der Waals surface area contributed by atoms with E-state index in [0.717, 1.165) is 31.2 Å². The number of carbonyl (C=O) groups excluding carboxylic acids is 1. The molecule has 0 unspecified atom stereocenters. The molecule has 1 aromatic carbocycles. The van der Waals surface area contributed by atoms with Crippen LogP contribution in [-0.4, -0.2) is 37.0 Å². The van der Waals surface area contributed by atoms with E-state index in [2.05, 4.69) is 15.4 Å². The van der Waals surface area contributed by atoms with Crippen LogP contribution in [0, 0.1) is 5.82 Å². The van der Waals surface area contributed by atoms with E-state index in [1.54, 1.807) is 30.1 Å². The van der Waals surface area contributed by atoms with Gasteiger partial charge in [0, 0.05) is 13.1 Å². The summed E-state index contributed by atoms with van der Waals surface area (Å²) in [4.78, 5) is 29.9. The van der Waals surface area contributed by atoms with E-state index in [9.17, 15) is 14.0 Å². The van der Waals surface area contributed by atoms with Gasteiger partial charge in [0.1, 0.15) is 11.3 Å². The maximum Gasteiger partial charge on any atom is 0.282 e. The Balaban J connectivity index is 1.60. The van der Waals surface area contributed by atoms with E-state index in [-0.39, 0.29) is 41.1 Å². The van der Waals surface area contributed by atoms with Crippen LogP contribution in [0.2, 0.25) is 0 Å². The number of amides is 1. The molecule has 1 amide bonds. The number of hydrogen-bond acceptors (Lipinski definition) is 5. The zero-order chi connectivity index (χ0) is 20.4. The van der Waals surface area contributed by atoms with Gasteiger partial charge in [-0.25, -0.2) is 9.37 Å². The number of hydrogen-bond donors (Lipinski definition) is 1. The van der Waals surface area contributed by atoms with E-state index >= 15 is 0 Å². The number of carbonyl (C=O) groups is 1. The van der Waals surface area contributed by atoms with Crippen molar-refractivity contribution in [1.82, 2.24) is 24.6 Å². The van der Waals surface area contributed by atoms with Gasteiger partial charge in [0.05, 0.1) is 18.5 Å². The smallest absolute Gasteiger partial charge is 0.282 e. The monoisotopic (exact) mass is 415 g/mol. The summed E-state index contributed by atoms with van der Waals surface area (Å²) < 4.78 is 16.3. The Labute approximate surface area is 171 Å². The van der Waals surface area contributed by atoms with Crippen LogP contribution in [0.4, 0.5) is 4.39 Å². The van der Waals surface area contributed by atoms with E-state index in [0.29, 0.717) is 10.7 Å². The lowest BCUT2D eigenvalue weighted by molar-refractivity contribution is -0.119. The summed E-state index contributed by atoms with van der Waals surface area (Å²) >= 11 is 1.23. The van der Waals surface area contributed by atoms with Crippen molar-refractivity contribution in [3.8, 4) is 0 Å². The van der Waals surface area contributed by atoms with Crippen molar-refractivity contribution in [3.63, 3.8) is 0 Å². The van der Waals surface area contributed by atoms with Crippen LogP contribution in [0.5, 0.6) is 0 Å². The molecule has 1 saturated carbocycles. The van der Waals surface area contributed by atoms with Crippen LogP contribution in [0.25, 0.3) is 11.0 Å². The third-order valence-electron chi connectivity index (χ3n) is 5.01. The SMILES string of the molecule is Cn1cc2nc(SCC(=O)NC3CCCC3)n(Cc3ccc(F)cc3)c(=O)c2n1. The maximum atomic E-state index is 13.2. The quantitative estimate of drug-likeness (QED) is 0.494. The molecule has 7 nitrogen and oxygen atoms in total. The topological polar surface area (TPSA) is 81.8 Å². The molecule has 0 saturated heterocycles. The summed E-state index contributed by atoms with van der Waals surface area (Å²) in [7, 11) is 1.73. The molecular weight excluding hydrogens is 393 g/mol. The Bertz CT molecular complexity index is 1090. The third-order valence-corrected chi connectivity index (χ3v) is 5.99. The fraction of sp³-hybridized carbons (Fsp3) is 0.400. The number of nitrogens with zero attached hydrogens (tertiary/aromatic N) is 4. The van der Waals surface area contributed by atoms with Gasteiger partial charge >= 0.3 is 0 Å². The van der Waals surface area contributed by atoms with Crippen molar-refractivity contribution in [2.45, 2.75) is 43.4 Å². The Morgan fingerprint density at radius 1 is 1.28 bits per heavy atom.